The van der Waals surface area contributed by atoms with E-state index in [9.17, 15) is 9.59 Å². The van der Waals surface area contributed by atoms with Crippen molar-refractivity contribution in [2.75, 3.05) is 20.8 Å². The maximum Gasteiger partial charge on any atom is 0.338 e. The summed E-state index contributed by atoms with van der Waals surface area (Å²) in [5.74, 6) is 1.11. The van der Waals surface area contributed by atoms with Gasteiger partial charge in [0.05, 0.1) is 36.6 Å². The number of methoxy groups -OCH3 is 2. The third-order valence-corrected chi connectivity index (χ3v) is 9.29. The van der Waals surface area contributed by atoms with Gasteiger partial charge in [0.25, 0.3) is 5.56 Å². The number of carbonyl (C=O) groups is 1. The van der Waals surface area contributed by atoms with Gasteiger partial charge in [-0.1, -0.05) is 60.0 Å². The molecule has 0 fully saturated rings. The first-order valence-electron chi connectivity index (χ1n) is 15.5. The van der Waals surface area contributed by atoms with Crippen molar-refractivity contribution in [2.45, 2.75) is 60.1 Å². The molecule has 1 atom stereocenters. The number of hydrogen-bond donors (Lipinski definition) is 0. The lowest BCUT2D eigenvalue weighted by Gasteiger charge is -2.27. The number of halogens is 1. The van der Waals surface area contributed by atoms with Gasteiger partial charge in [-0.05, 0) is 92.8 Å². The largest absolute Gasteiger partial charge is 0.496 e. The predicted octanol–water partition coefficient (Wildman–Crippen LogP) is 6.75. The van der Waals surface area contributed by atoms with Gasteiger partial charge in [-0.15, -0.1) is 0 Å². The van der Waals surface area contributed by atoms with Gasteiger partial charge >= 0.3 is 5.97 Å². The zero-order valence-corrected chi connectivity index (χ0v) is 29.3. The quantitative estimate of drug-likeness (QED) is 0.164. The van der Waals surface area contributed by atoms with Crippen molar-refractivity contribution in [3.8, 4) is 17.2 Å². The first-order chi connectivity index (χ1) is 22.6. The van der Waals surface area contributed by atoms with Gasteiger partial charge < -0.3 is 18.9 Å². The van der Waals surface area contributed by atoms with Crippen molar-refractivity contribution in [3.05, 3.63) is 118 Å². The van der Waals surface area contributed by atoms with E-state index >= 15 is 0 Å². The Labute approximate surface area is 283 Å². The van der Waals surface area contributed by atoms with Crippen molar-refractivity contribution in [3.63, 3.8) is 0 Å². The number of benzene rings is 3. The summed E-state index contributed by atoms with van der Waals surface area (Å²) in [4.78, 5) is 33.0. The molecule has 3 aromatic carbocycles. The number of allylic oxidation sites excluding steroid dienone is 1. The van der Waals surface area contributed by atoms with E-state index in [2.05, 4.69) is 32.9 Å². The minimum absolute atomic E-state index is 0.178. The summed E-state index contributed by atoms with van der Waals surface area (Å²) >= 11 is 7.71. The van der Waals surface area contributed by atoms with E-state index in [1.54, 1.807) is 45.4 Å². The van der Waals surface area contributed by atoms with Crippen LogP contribution in [0.5, 0.6) is 17.2 Å². The van der Waals surface area contributed by atoms with Gasteiger partial charge in [0, 0.05) is 10.6 Å². The van der Waals surface area contributed by atoms with Crippen LogP contribution in [-0.2, 0) is 16.1 Å². The van der Waals surface area contributed by atoms with E-state index in [1.807, 2.05) is 25.1 Å². The highest BCUT2D eigenvalue weighted by molar-refractivity contribution is 7.07. The summed E-state index contributed by atoms with van der Waals surface area (Å²) < 4.78 is 25.1. The van der Waals surface area contributed by atoms with Gasteiger partial charge in [0.2, 0.25) is 0 Å². The molecule has 1 aliphatic heterocycles. The van der Waals surface area contributed by atoms with Gasteiger partial charge in [-0.2, -0.15) is 0 Å². The first-order valence-corrected chi connectivity index (χ1v) is 16.7. The fraction of sp³-hybridized carbons (Fsp3) is 0.324. The Hall–Kier alpha value is -4.34. The van der Waals surface area contributed by atoms with Crippen LogP contribution in [-0.4, -0.2) is 31.4 Å². The van der Waals surface area contributed by atoms with Crippen LogP contribution in [0.15, 0.2) is 69.6 Å². The monoisotopic (exact) mass is 674 g/mol. The van der Waals surface area contributed by atoms with Crippen LogP contribution in [0.3, 0.4) is 0 Å². The first kappa shape index (κ1) is 34.0. The van der Waals surface area contributed by atoms with Crippen molar-refractivity contribution in [1.82, 2.24) is 4.57 Å². The van der Waals surface area contributed by atoms with Crippen molar-refractivity contribution in [2.24, 2.45) is 4.99 Å². The minimum atomic E-state index is -0.846. The normalized spacial score (nSPS) is 14.5. The number of thiazole rings is 1. The third-order valence-electron chi connectivity index (χ3n) is 8.08. The van der Waals surface area contributed by atoms with E-state index < -0.39 is 12.0 Å². The lowest BCUT2D eigenvalue weighted by molar-refractivity contribution is -0.139. The predicted molar refractivity (Wildman–Crippen MR) is 186 cm³/mol. The number of aromatic nitrogens is 1. The summed E-state index contributed by atoms with van der Waals surface area (Å²) in [6.45, 7) is 10.6. The topological polar surface area (TPSA) is 88.4 Å². The molecule has 0 spiro atoms. The zero-order chi connectivity index (χ0) is 33.8. The number of esters is 1. The van der Waals surface area contributed by atoms with Gasteiger partial charge in [0.1, 0.15) is 18.4 Å². The molecule has 0 N–H and O–H groups in total. The molecule has 4 aromatic rings. The van der Waals surface area contributed by atoms with Gasteiger partial charge in [0.15, 0.2) is 16.3 Å². The number of aryl methyl sites for hydroxylation is 3. The second-order valence-corrected chi connectivity index (χ2v) is 12.8. The Morgan fingerprint density at radius 2 is 1.68 bits per heavy atom. The summed E-state index contributed by atoms with van der Waals surface area (Å²) in [5.41, 5.74) is 6.60. The average molecular weight is 675 g/mol. The van der Waals surface area contributed by atoms with E-state index in [0.29, 0.717) is 61.5 Å². The number of hydrogen-bond acceptors (Lipinski definition) is 8. The molecular formula is C37H39ClN2O6S. The molecule has 0 unspecified atom stereocenters. The van der Waals surface area contributed by atoms with E-state index in [1.165, 1.54) is 32.6 Å². The zero-order valence-electron chi connectivity index (χ0n) is 27.7. The fourth-order valence-electron chi connectivity index (χ4n) is 5.97. The number of ether oxygens (including phenoxy) is 4. The molecule has 2 heterocycles. The summed E-state index contributed by atoms with van der Waals surface area (Å²) in [6, 6.07) is 14.2. The maximum absolute atomic E-state index is 14.2. The maximum atomic E-state index is 14.2. The second-order valence-electron chi connectivity index (χ2n) is 11.4. The molecule has 8 nitrogen and oxygen atoms in total. The van der Waals surface area contributed by atoms with Crippen molar-refractivity contribution >= 4 is 35.0 Å². The summed E-state index contributed by atoms with van der Waals surface area (Å²) in [7, 11) is 3.13. The lowest BCUT2D eigenvalue weighted by Crippen LogP contribution is -2.40. The minimum Gasteiger partial charge on any atom is -0.496 e. The molecule has 0 radical (unpaired) electrons. The number of rotatable bonds is 11. The smallest absolute Gasteiger partial charge is 0.338 e. The third kappa shape index (κ3) is 7.01. The Bertz CT molecular complexity index is 2020. The lowest BCUT2D eigenvalue weighted by atomic mass is 9.93. The molecule has 0 saturated heterocycles. The number of carbonyl (C=O) groups excluding carboxylic acids is 1. The van der Waals surface area contributed by atoms with Crippen LogP contribution >= 0.6 is 22.9 Å². The van der Waals surface area contributed by atoms with Crippen molar-refractivity contribution < 1.29 is 23.7 Å². The Morgan fingerprint density at radius 3 is 2.34 bits per heavy atom. The van der Waals surface area contributed by atoms with Crippen LogP contribution < -0.4 is 29.1 Å². The Balaban J connectivity index is 1.61. The average Bonchev–Trinajstić information content (AvgIpc) is 3.34. The number of fused-ring (bicyclic) bond motifs is 1. The fourth-order valence-corrected chi connectivity index (χ4v) is 7.17. The Kier molecular flexibility index (Phi) is 10.6. The highest BCUT2D eigenvalue weighted by Crippen LogP contribution is 2.38. The standard InChI is InChI=1S/C37H39ClN2O6S/c1-8-10-28-33(36(42)45-9-2)34(26-19-25(38)12-14-29(26)43-6)40-35(41)32(47-37(40)39-28)18-24-11-13-30(31(17-24)44-7)46-20-27-22(4)15-21(3)16-23(27)5/h11-19,34H,8-10,20H2,1-7H3/b32-18+/t34-/m0/s1. The molecular weight excluding hydrogens is 636 g/mol. The van der Waals surface area contributed by atoms with Gasteiger partial charge in [-0.3, -0.25) is 9.36 Å². The molecule has 0 saturated carbocycles. The molecule has 10 heteroatoms. The van der Waals surface area contributed by atoms with Crippen molar-refractivity contribution in [1.29, 1.82) is 0 Å². The SMILES string of the molecule is CCCC1=C(C(=O)OCC)[C@H](c2cc(Cl)ccc2OC)n2c(s/c(=C/c3ccc(OCc4c(C)cc(C)cc4C)c(OC)c3)c2=O)=N1. The van der Waals surface area contributed by atoms with E-state index in [4.69, 9.17) is 35.5 Å². The molecule has 246 valence electrons. The summed E-state index contributed by atoms with van der Waals surface area (Å²) in [6.07, 6.45) is 3.07. The van der Waals surface area contributed by atoms with Crippen LogP contribution in [0.1, 0.15) is 66.1 Å². The molecule has 47 heavy (non-hydrogen) atoms. The van der Waals surface area contributed by atoms with Crippen LogP contribution in [0, 0.1) is 20.8 Å². The molecule has 0 aliphatic carbocycles. The molecule has 1 aromatic heterocycles. The van der Waals surface area contributed by atoms with Gasteiger partial charge in [-0.25, -0.2) is 9.79 Å². The molecule has 1 aliphatic rings. The molecule has 0 bridgehead atoms. The summed E-state index contributed by atoms with van der Waals surface area (Å²) in [5, 5.41) is 0.447. The van der Waals surface area contributed by atoms with E-state index in [-0.39, 0.29) is 12.2 Å². The molecule has 0 amide bonds. The van der Waals surface area contributed by atoms with Crippen LogP contribution in [0.4, 0.5) is 0 Å². The molecule has 5 rings (SSSR count). The van der Waals surface area contributed by atoms with E-state index in [0.717, 1.165) is 17.5 Å². The number of nitrogens with zero attached hydrogens (tertiary/aromatic N) is 2. The van der Waals surface area contributed by atoms with Crippen LogP contribution in [0.25, 0.3) is 6.08 Å². The highest BCUT2D eigenvalue weighted by atomic mass is 35.5. The van der Waals surface area contributed by atoms with Crippen LogP contribution in [0.2, 0.25) is 5.02 Å². The highest BCUT2D eigenvalue weighted by Gasteiger charge is 2.36. The Morgan fingerprint density at radius 1 is 0.979 bits per heavy atom. The second kappa shape index (κ2) is 14.6.